The molecule has 0 spiro atoms. The molecular formula is C13H21N3O2S. The molecule has 106 valence electrons. The maximum absolute atomic E-state index is 11.5. The van der Waals surface area contributed by atoms with Gasteiger partial charge in [0.2, 0.25) is 0 Å². The summed E-state index contributed by atoms with van der Waals surface area (Å²) >= 11 is 1.36. The van der Waals surface area contributed by atoms with Gasteiger partial charge in [-0.15, -0.1) is 0 Å². The van der Waals surface area contributed by atoms with Crippen LogP contribution in [0.5, 0.6) is 0 Å². The van der Waals surface area contributed by atoms with Gasteiger partial charge in [0.05, 0.1) is 12.8 Å². The Labute approximate surface area is 118 Å². The summed E-state index contributed by atoms with van der Waals surface area (Å²) in [6.45, 7) is 6.34. The van der Waals surface area contributed by atoms with Gasteiger partial charge in [0.15, 0.2) is 5.13 Å². The number of nitrogens with one attached hydrogen (secondary N) is 1. The number of likely N-dealkylation sites (tertiary alicyclic amines) is 1. The van der Waals surface area contributed by atoms with Crippen molar-refractivity contribution in [1.82, 2.24) is 9.88 Å². The van der Waals surface area contributed by atoms with Crippen molar-refractivity contribution in [1.29, 1.82) is 0 Å². The minimum atomic E-state index is -0.305. The van der Waals surface area contributed by atoms with E-state index in [0.29, 0.717) is 4.88 Å². The lowest BCUT2D eigenvalue weighted by molar-refractivity contribution is 0.0605. The van der Waals surface area contributed by atoms with Gasteiger partial charge in [0.25, 0.3) is 0 Å². The maximum Gasteiger partial charge on any atom is 0.350 e. The summed E-state index contributed by atoms with van der Waals surface area (Å²) < 4.78 is 4.72. The second kappa shape index (κ2) is 6.86. The molecule has 6 heteroatoms. The number of hydrogen-bond donors (Lipinski definition) is 1. The first-order chi connectivity index (χ1) is 9.20. The molecule has 0 atom stereocenters. The van der Waals surface area contributed by atoms with E-state index in [2.05, 4.69) is 15.2 Å². The Morgan fingerprint density at radius 1 is 1.47 bits per heavy atom. The Balaban J connectivity index is 1.75. The quantitative estimate of drug-likeness (QED) is 0.640. The molecule has 0 aliphatic carbocycles. The predicted octanol–water partition coefficient (Wildman–Crippen LogP) is 2.14. The number of anilines is 1. The zero-order valence-electron chi connectivity index (χ0n) is 11.6. The van der Waals surface area contributed by atoms with Crippen molar-refractivity contribution in [3.63, 3.8) is 0 Å². The van der Waals surface area contributed by atoms with Gasteiger partial charge in [-0.3, -0.25) is 0 Å². The van der Waals surface area contributed by atoms with Crippen molar-refractivity contribution in [2.24, 2.45) is 0 Å². The average molecular weight is 283 g/mol. The number of thiazole rings is 1. The highest BCUT2D eigenvalue weighted by molar-refractivity contribution is 7.17. The van der Waals surface area contributed by atoms with E-state index in [1.54, 1.807) is 0 Å². The van der Waals surface area contributed by atoms with Gasteiger partial charge in [-0.25, -0.2) is 9.78 Å². The second-order valence-corrected chi connectivity index (χ2v) is 5.75. The number of carbonyl (C=O) groups excluding carboxylic acids is 1. The molecule has 0 aromatic carbocycles. The van der Waals surface area contributed by atoms with Crippen molar-refractivity contribution in [2.75, 3.05) is 38.6 Å². The molecule has 0 saturated carbocycles. The fourth-order valence-corrected chi connectivity index (χ4v) is 3.17. The molecule has 5 nitrogen and oxygen atoms in total. The molecule has 1 aromatic rings. The van der Waals surface area contributed by atoms with Crippen LogP contribution in [0.3, 0.4) is 0 Å². The Kier molecular flexibility index (Phi) is 5.15. The zero-order chi connectivity index (χ0) is 13.7. The molecule has 1 aliphatic heterocycles. The van der Waals surface area contributed by atoms with Crippen molar-refractivity contribution in [3.8, 4) is 0 Å². The third kappa shape index (κ3) is 3.91. The van der Waals surface area contributed by atoms with Crippen LogP contribution in [0.1, 0.15) is 34.6 Å². The molecule has 1 aliphatic rings. The lowest BCUT2D eigenvalue weighted by Gasteiger charge is -2.13. The van der Waals surface area contributed by atoms with Crippen LogP contribution in [0.4, 0.5) is 5.13 Å². The minimum Gasteiger partial charge on any atom is -0.465 e. The topological polar surface area (TPSA) is 54.5 Å². The highest BCUT2D eigenvalue weighted by Gasteiger charge is 2.15. The third-order valence-corrected chi connectivity index (χ3v) is 4.39. The Morgan fingerprint density at radius 3 is 2.89 bits per heavy atom. The lowest BCUT2D eigenvalue weighted by atomic mass is 10.4. The number of rotatable bonds is 6. The number of esters is 1. The second-order valence-electron chi connectivity index (χ2n) is 4.75. The van der Waals surface area contributed by atoms with E-state index in [9.17, 15) is 4.79 Å². The van der Waals surface area contributed by atoms with Crippen LogP contribution < -0.4 is 5.32 Å². The molecule has 0 unspecified atom stereocenters. The summed E-state index contributed by atoms with van der Waals surface area (Å²) in [5.74, 6) is -0.305. The molecule has 1 N–H and O–H groups in total. The van der Waals surface area contributed by atoms with Gasteiger partial charge in [-0.2, -0.15) is 0 Å². The summed E-state index contributed by atoms with van der Waals surface area (Å²) in [5.41, 5.74) is 0.735. The van der Waals surface area contributed by atoms with Gasteiger partial charge < -0.3 is 15.0 Å². The van der Waals surface area contributed by atoms with Gasteiger partial charge in [0, 0.05) is 6.54 Å². The molecule has 19 heavy (non-hydrogen) atoms. The van der Waals surface area contributed by atoms with Gasteiger partial charge in [-0.05, 0) is 45.8 Å². The normalized spacial score (nSPS) is 15.7. The summed E-state index contributed by atoms with van der Waals surface area (Å²) in [7, 11) is 1.39. The Bertz CT molecular complexity index is 428. The highest BCUT2D eigenvalue weighted by Crippen LogP contribution is 2.23. The standard InChI is InChI=1S/C13H21N3O2S/c1-10-11(12(17)18-2)19-13(15-10)14-6-5-9-16-7-3-4-8-16/h3-9H2,1-2H3,(H,14,15). The predicted molar refractivity (Wildman–Crippen MR) is 77.0 cm³/mol. The fraction of sp³-hybridized carbons (Fsp3) is 0.692. The number of ether oxygens (including phenoxy) is 1. The molecule has 0 bridgehead atoms. The number of aromatic nitrogens is 1. The van der Waals surface area contributed by atoms with E-state index in [4.69, 9.17) is 4.74 Å². The first-order valence-corrected chi connectivity index (χ1v) is 7.54. The monoisotopic (exact) mass is 283 g/mol. The van der Waals surface area contributed by atoms with Crippen LogP contribution in [0.2, 0.25) is 0 Å². The van der Waals surface area contributed by atoms with Crippen LogP contribution in [-0.4, -0.2) is 49.1 Å². The summed E-state index contributed by atoms with van der Waals surface area (Å²) in [6.07, 6.45) is 3.77. The Hall–Kier alpha value is -1.14. The van der Waals surface area contributed by atoms with Gasteiger partial charge in [-0.1, -0.05) is 11.3 Å². The lowest BCUT2D eigenvalue weighted by Crippen LogP contribution is -2.22. The zero-order valence-corrected chi connectivity index (χ0v) is 12.4. The van der Waals surface area contributed by atoms with Crippen LogP contribution in [0.25, 0.3) is 0 Å². The molecule has 2 rings (SSSR count). The van der Waals surface area contributed by atoms with Crippen LogP contribution in [0.15, 0.2) is 0 Å². The SMILES string of the molecule is COC(=O)c1sc(NCCCN2CCCC2)nc1C. The molecule has 1 fully saturated rings. The van der Waals surface area contributed by atoms with Crippen molar-refractivity contribution >= 4 is 22.4 Å². The molecular weight excluding hydrogens is 262 g/mol. The number of nitrogens with zero attached hydrogens (tertiary/aromatic N) is 2. The number of hydrogen-bond acceptors (Lipinski definition) is 6. The van der Waals surface area contributed by atoms with Crippen LogP contribution in [-0.2, 0) is 4.74 Å². The van der Waals surface area contributed by atoms with E-state index in [0.717, 1.165) is 30.3 Å². The maximum atomic E-state index is 11.5. The first-order valence-electron chi connectivity index (χ1n) is 6.72. The number of methoxy groups -OCH3 is 1. The smallest absolute Gasteiger partial charge is 0.350 e. The molecule has 0 radical (unpaired) electrons. The van der Waals surface area contributed by atoms with Crippen LogP contribution >= 0.6 is 11.3 Å². The van der Waals surface area contributed by atoms with E-state index in [-0.39, 0.29) is 5.97 Å². The number of aryl methyl sites for hydroxylation is 1. The van der Waals surface area contributed by atoms with Crippen molar-refractivity contribution < 1.29 is 9.53 Å². The van der Waals surface area contributed by atoms with E-state index in [1.165, 1.54) is 44.4 Å². The van der Waals surface area contributed by atoms with E-state index in [1.807, 2.05) is 6.92 Å². The van der Waals surface area contributed by atoms with E-state index < -0.39 is 0 Å². The van der Waals surface area contributed by atoms with Crippen molar-refractivity contribution in [3.05, 3.63) is 10.6 Å². The molecule has 2 heterocycles. The van der Waals surface area contributed by atoms with Gasteiger partial charge >= 0.3 is 5.97 Å². The van der Waals surface area contributed by atoms with Crippen molar-refractivity contribution in [2.45, 2.75) is 26.2 Å². The number of carbonyl (C=O) groups is 1. The molecule has 1 saturated heterocycles. The van der Waals surface area contributed by atoms with E-state index >= 15 is 0 Å². The summed E-state index contributed by atoms with van der Waals surface area (Å²) in [4.78, 5) is 18.9. The van der Waals surface area contributed by atoms with Gasteiger partial charge in [0.1, 0.15) is 4.88 Å². The third-order valence-electron chi connectivity index (χ3n) is 3.29. The first kappa shape index (κ1) is 14.3. The summed E-state index contributed by atoms with van der Waals surface area (Å²) in [5, 5.41) is 4.09. The molecule has 0 amide bonds. The Morgan fingerprint density at radius 2 is 2.21 bits per heavy atom. The highest BCUT2D eigenvalue weighted by atomic mass is 32.1. The fourth-order valence-electron chi connectivity index (χ4n) is 2.26. The van der Waals surface area contributed by atoms with Crippen LogP contribution in [0, 0.1) is 6.92 Å². The largest absolute Gasteiger partial charge is 0.465 e. The average Bonchev–Trinajstić information content (AvgIpc) is 3.03. The minimum absolute atomic E-state index is 0.305. The molecule has 1 aromatic heterocycles. The summed E-state index contributed by atoms with van der Waals surface area (Å²) in [6, 6.07) is 0.